The smallest absolute Gasteiger partial charge is 0.344 e. The van der Waals surface area contributed by atoms with Crippen LogP contribution in [0.2, 0.25) is 0 Å². The normalized spacial score (nSPS) is 15.9. The van der Waals surface area contributed by atoms with E-state index in [9.17, 15) is 19.5 Å². The third-order valence-electron chi connectivity index (χ3n) is 4.22. The van der Waals surface area contributed by atoms with Gasteiger partial charge in [-0.05, 0) is 42.8 Å². The number of carbonyl (C=O) groups excluding carboxylic acids is 3. The summed E-state index contributed by atoms with van der Waals surface area (Å²) in [6, 6.07) is 14.9. The predicted octanol–water partition coefficient (Wildman–Crippen LogP) is 4.18. The molecule has 2 aromatic rings. The molecule has 0 radical (unpaired) electrons. The fourth-order valence-electron chi connectivity index (χ4n) is 2.71. The van der Waals surface area contributed by atoms with Crippen LogP contribution in [0, 0.1) is 0 Å². The fraction of sp³-hybridized carbons (Fsp3) is 0.130. The topological polar surface area (TPSA) is 102 Å². The molecule has 31 heavy (non-hydrogen) atoms. The standard InChI is InChI=1S/C23H19NO6S/c1-3-30-23(28)18-19(25)17(13-14-9-11-16(12-10-14)22(27)29-2)31-21(18)24-20(26)15-7-5-4-6-8-15/h4-13,25H,3H2,1-2H3/b17-13-,24-21?. The first-order chi connectivity index (χ1) is 14.9. The zero-order chi connectivity index (χ0) is 22.4. The van der Waals surface area contributed by atoms with Gasteiger partial charge in [-0.15, -0.1) is 0 Å². The molecule has 0 unspecified atom stereocenters. The Morgan fingerprint density at radius 2 is 1.68 bits per heavy atom. The Labute approximate surface area is 183 Å². The van der Waals surface area contributed by atoms with Crippen molar-refractivity contribution >= 4 is 40.7 Å². The number of hydrogen-bond acceptors (Lipinski definition) is 7. The van der Waals surface area contributed by atoms with Gasteiger partial charge in [0.25, 0.3) is 5.91 Å². The van der Waals surface area contributed by atoms with Gasteiger partial charge in [-0.3, -0.25) is 4.79 Å². The molecule has 0 saturated heterocycles. The minimum absolute atomic E-state index is 0.0576. The van der Waals surface area contributed by atoms with E-state index in [0.717, 1.165) is 11.8 Å². The van der Waals surface area contributed by atoms with Gasteiger partial charge in [0, 0.05) is 5.56 Å². The quantitative estimate of drug-likeness (QED) is 0.700. The first-order valence-electron chi connectivity index (χ1n) is 9.31. The van der Waals surface area contributed by atoms with E-state index in [4.69, 9.17) is 4.74 Å². The van der Waals surface area contributed by atoms with Gasteiger partial charge in [0.15, 0.2) is 0 Å². The zero-order valence-electron chi connectivity index (χ0n) is 16.8. The zero-order valence-corrected chi connectivity index (χ0v) is 17.6. The van der Waals surface area contributed by atoms with Gasteiger partial charge >= 0.3 is 11.9 Å². The number of methoxy groups -OCH3 is 1. The number of amides is 1. The Hall–Kier alpha value is -3.65. The van der Waals surface area contributed by atoms with Crippen molar-refractivity contribution in [2.75, 3.05) is 13.7 Å². The van der Waals surface area contributed by atoms with Crippen LogP contribution in [0.15, 0.2) is 75.8 Å². The van der Waals surface area contributed by atoms with Crippen LogP contribution in [0.5, 0.6) is 0 Å². The summed E-state index contributed by atoms with van der Waals surface area (Å²) in [6.07, 6.45) is 1.62. The van der Waals surface area contributed by atoms with Gasteiger partial charge in [0.1, 0.15) is 16.4 Å². The van der Waals surface area contributed by atoms with E-state index < -0.39 is 17.8 Å². The van der Waals surface area contributed by atoms with Crippen LogP contribution in [0.4, 0.5) is 0 Å². The second kappa shape index (κ2) is 9.90. The molecule has 3 rings (SSSR count). The predicted molar refractivity (Wildman–Crippen MR) is 118 cm³/mol. The van der Waals surface area contributed by atoms with E-state index in [2.05, 4.69) is 9.73 Å². The number of aliphatic hydroxyl groups is 1. The number of carbonyl (C=O) groups is 3. The molecule has 1 heterocycles. The number of aliphatic imine (C=N–C) groups is 1. The van der Waals surface area contributed by atoms with Crippen LogP contribution >= 0.6 is 11.8 Å². The molecule has 0 fully saturated rings. The van der Waals surface area contributed by atoms with E-state index in [0.29, 0.717) is 21.6 Å². The van der Waals surface area contributed by atoms with E-state index >= 15 is 0 Å². The third kappa shape index (κ3) is 5.10. The van der Waals surface area contributed by atoms with Crippen molar-refractivity contribution in [3.05, 3.63) is 87.5 Å². The van der Waals surface area contributed by atoms with E-state index in [1.807, 2.05) is 0 Å². The van der Waals surface area contributed by atoms with Crippen LogP contribution in [0.1, 0.15) is 33.2 Å². The Balaban J connectivity index is 1.96. The fourth-order valence-corrected chi connectivity index (χ4v) is 3.73. The summed E-state index contributed by atoms with van der Waals surface area (Å²) in [6.45, 7) is 1.75. The van der Waals surface area contributed by atoms with Crippen molar-refractivity contribution in [3.8, 4) is 0 Å². The maximum atomic E-state index is 12.5. The Morgan fingerprint density at radius 3 is 2.29 bits per heavy atom. The molecule has 158 valence electrons. The molecule has 0 atom stereocenters. The van der Waals surface area contributed by atoms with Crippen molar-refractivity contribution in [2.24, 2.45) is 4.99 Å². The molecule has 1 aliphatic rings. The highest BCUT2D eigenvalue weighted by molar-refractivity contribution is 8.18. The molecule has 2 aromatic carbocycles. The molecule has 0 saturated carbocycles. The third-order valence-corrected chi connectivity index (χ3v) is 5.24. The van der Waals surface area contributed by atoms with Crippen LogP contribution in [-0.2, 0) is 14.3 Å². The Morgan fingerprint density at radius 1 is 1.00 bits per heavy atom. The second-order valence-electron chi connectivity index (χ2n) is 6.26. The molecule has 1 aliphatic heterocycles. The molecule has 1 amide bonds. The molecule has 0 aliphatic carbocycles. The molecular weight excluding hydrogens is 418 g/mol. The summed E-state index contributed by atoms with van der Waals surface area (Å²) < 4.78 is 9.70. The molecule has 1 N–H and O–H groups in total. The van der Waals surface area contributed by atoms with Crippen molar-refractivity contribution in [3.63, 3.8) is 0 Å². The average molecular weight is 437 g/mol. The number of rotatable bonds is 5. The van der Waals surface area contributed by atoms with Crippen molar-refractivity contribution < 1.29 is 29.0 Å². The number of nitrogens with zero attached hydrogens (tertiary/aromatic N) is 1. The molecular formula is C23H19NO6S. The minimum Gasteiger partial charge on any atom is -0.506 e. The SMILES string of the molecule is CCOC(=O)C1=C(O)/C(=C/c2ccc(C(=O)OC)cc2)SC1=NC(=O)c1ccccc1. The van der Waals surface area contributed by atoms with Gasteiger partial charge < -0.3 is 14.6 Å². The largest absolute Gasteiger partial charge is 0.506 e. The summed E-state index contributed by atoms with van der Waals surface area (Å²) in [5.41, 5.74) is 1.25. The van der Waals surface area contributed by atoms with Crippen LogP contribution in [0.3, 0.4) is 0 Å². The maximum Gasteiger partial charge on any atom is 0.344 e. The lowest BCUT2D eigenvalue weighted by molar-refractivity contribution is -0.138. The highest BCUT2D eigenvalue weighted by Gasteiger charge is 2.33. The minimum atomic E-state index is -0.767. The number of thioether (sulfide) groups is 1. The van der Waals surface area contributed by atoms with Crippen molar-refractivity contribution in [1.29, 1.82) is 0 Å². The van der Waals surface area contributed by atoms with E-state index in [1.165, 1.54) is 7.11 Å². The molecule has 0 bridgehead atoms. The molecule has 0 aromatic heterocycles. The van der Waals surface area contributed by atoms with Crippen molar-refractivity contribution in [1.82, 2.24) is 0 Å². The Kier molecular flexibility index (Phi) is 7.04. The van der Waals surface area contributed by atoms with Gasteiger partial charge in [-0.1, -0.05) is 42.1 Å². The number of benzene rings is 2. The monoisotopic (exact) mass is 437 g/mol. The van der Waals surface area contributed by atoms with E-state index in [-0.39, 0.29) is 23.0 Å². The van der Waals surface area contributed by atoms with Gasteiger partial charge in [-0.2, -0.15) is 0 Å². The van der Waals surface area contributed by atoms with E-state index in [1.54, 1.807) is 67.6 Å². The maximum absolute atomic E-state index is 12.5. The lowest BCUT2D eigenvalue weighted by Gasteiger charge is -2.03. The first-order valence-corrected chi connectivity index (χ1v) is 10.1. The van der Waals surface area contributed by atoms with Gasteiger partial charge in [-0.25, -0.2) is 14.6 Å². The average Bonchev–Trinajstić information content (AvgIpc) is 3.09. The lowest BCUT2D eigenvalue weighted by Crippen LogP contribution is -2.14. The molecule has 7 nitrogen and oxygen atoms in total. The summed E-state index contributed by atoms with van der Waals surface area (Å²) in [4.78, 5) is 40.9. The molecule has 8 heteroatoms. The van der Waals surface area contributed by atoms with Crippen LogP contribution < -0.4 is 0 Å². The summed E-state index contributed by atoms with van der Waals surface area (Å²) >= 11 is 0.988. The highest BCUT2D eigenvalue weighted by Crippen LogP contribution is 2.39. The molecule has 0 spiro atoms. The second-order valence-corrected chi connectivity index (χ2v) is 7.29. The number of hydrogen-bond donors (Lipinski definition) is 1. The first kappa shape index (κ1) is 22.0. The summed E-state index contributed by atoms with van der Waals surface area (Å²) in [5, 5.41) is 10.7. The van der Waals surface area contributed by atoms with Gasteiger partial charge in [0.05, 0.1) is 24.2 Å². The number of esters is 2. The van der Waals surface area contributed by atoms with Crippen molar-refractivity contribution in [2.45, 2.75) is 6.92 Å². The summed E-state index contributed by atoms with van der Waals surface area (Å²) in [5.74, 6) is -2.09. The van der Waals surface area contributed by atoms with Crippen LogP contribution in [0.25, 0.3) is 6.08 Å². The van der Waals surface area contributed by atoms with Crippen LogP contribution in [-0.4, -0.2) is 41.7 Å². The Bertz CT molecular complexity index is 1100. The summed E-state index contributed by atoms with van der Waals surface area (Å²) in [7, 11) is 1.30. The number of ether oxygens (including phenoxy) is 2. The lowest BCUT2D eigenvalue weighted by atomic mass is 10.1. The van der Waals surface area contributed by atoms with Gasteiger partial charge in [0.2, 0.25) is 0 Å². The number of aliphatic hydroxyl groups excluding tert-OH is 1. The highest BCUT2D eigenvalue weighted by atomic mass is 32.2.